The molecule has 0 saturated heterocycles. The number of esters is 2. The van der Waals surface area contributed by atoms with E-state index in [2.05, 4.69) is 35.4 Å². The third kappa shape index (κ3) is 3.95. The zero-order chi connectivity index (χ0) is 13.5. The standard InChI is InChI=1S/C10H12BrN3O4/c1-17-8(15)4-14(5-9(16)18-2)10-7(11)3-12-6-13-10/h3,6H,4-5H2,1-2H3. The molecule has 8 heteroatoms. The summed E-state index contributed by atoms with van der Waals surface area (Å²) in [6.07, 6.45) is 2.84. The molecule has 0 amide bonds. The maximum Gasteiger partial charge on any atom is 0.325 e. The van der Waals surface area contributed by atoms with Crippen LogP contribution in [-0.4, -0.2) is 49.2 Å². The Morgan fingerprint density at radius 2 is 1.83 bits per heavy atom. The number of ether oxygens (including phenoxy) is 2. The molecule has 1 aromatic heterocycles. The summed E-state index contributed by atoms with van der Waals surface area (Å²) in [5, 5.41) is 0. The normalized spacial score (nSPS) is 9.72. The first-order chi connectivity index (χ1) is 8.58. The molecule has 0 aliphatic rings. The van der Waals surface area contributed by atoms with E-state index >= 15 is 0 Å². The third-order valence-electron chi connectivity index (χ3n) is 2.04. The van der Waals surface area contributed by atoms with Gasteiger partial charge in [-0.25, -0.2) is 9.97 Å². The summed E-state index contributed by atoms with van der Waals surface area (Å²) in [5.41, 5.74) is 0. The van der Waals surface area contributed by atoms with Crippen LogP contribution in [0.4, 0.5) is 5.82 Å². The molecule has 0 saturated carbocycles. The molecule has 18 heavy (non-hydrogen) atoms. The van der Waals surface area contributed by atoms with Crippen molar-refractivity contribution in [1.29, 1.82) is 0 Å². The van der Waals surface area contributed by atoms with Crippen LogP contribution >= 0.6 is 15.9 Å². The number of nitrogens with zero attached hydrogens (tertiary/aromatic N) is 3. The van der Waals surface area contributed by atoms with Gasteiger partial charge in [-0.1, -0.05) is 0 Å². The minimum atomic E-state index is -0.482. The van der Waals surface area contributed by atoms with Crippen molar-refractivity contribution in [3.8, 4) is 0 Å². The number of hydrogen-bond acceptors (Lipinski definition) is 7. The highest BCUT2D eigenvalue weighted by atomic mass is 79.9. The number of anilines is 1. The van der Waals surface area contributed by atoms with Gasteiger partial charge in [0, 0.05) is 6.20 Å². The van der Waals surface area contributed by atoms with Crippen LogP contribution in [0.3, 0.4) is 0 Å². The van der Waals surface area contributed by atoms with Gasteiger partial charge in [-0.3, -0.25) is 9.59 Å². The molecule has 0 aliphatic heterocycles. The summed E-state index contributed by atoms with van der Waals surface area (Å²) in [5.74, 6) is -0.547. The monoisotopic (exact) mass is 317 g/mol. The van der Waals surface area contributed by atoms with Crippen LogP contribution in [0.2, 0.25) is 0 Å². The van der Waals surface area contributed by atoms with E-state index < -0.39 is 11.9 Å². The van der Waals surface area contributed by atoms with E-state index in [0.717, 1.165) is 0 Å². The summed E-state index contributed by atoms with van der Waals surface area (Å²) in [6, 6.07) is 0. The number of carbonyl (C=O) groups excluding carboxylic acids is 2. The minimum absolute atomic E-state index is 0.110. The lowest BCUT2D eigenvalue weighted by Crippen LogP contribution is -2.36. The van der Waals surface area contributed by atoms with Gasteiger partial charge in [0.2, 0.25) is 0 Å². The summed E-state index contributed by atoms with van der Waals surface area (Å²) in [7, 11) is 2.54. The van der Waals surface area contributed by atoms with E-state index in [-0.39, 0.29) is 13.1 Å². The molecule has 0 aliphatic carbocycles. The SMILES string of the molecule is COC(=O)CN(CC(=O)OC)c1ncncc1Br. The fraction of sp³-hybridized carbons (Fsp3) is 0.400. The molecule has 0 bridgehead atoms. The molecule has 0 radical (unpaired) electrons. The van der Waals surface area contributed by atoms with Gasteiger partial charge in [-0.05, 0) is 15.9 Å². The molecule has 0 unspecified atom stereocenters. The Hall–Kier alpha value is -1.70. The zero-order valence-corrected chi connectivity index (χ0v) is 11.5. The first kappa shape index (κ1) is 14.4. The molecular weight excluding hydrogens is 306 g/mol. The number of rotatable bonds is 5. The molecule has 1 aromatic rings. The van der Waals surface area contributed by atoms with Gasteiger partial charge >= 0.3 is 11.9 Å². The second-order valence-corrected chi connectivity index (χ2v) is 4.06. The Morgan fingerprint density at radius 3 is 2.28 bits per heavy atom. The number of methoxy groups -OCH3 is 2. The van der Waals surface area contributed by atoms with E-state index in [0.29, 0.717) is 10.3 Å². The molecule has 0 aromatic carbocycles. The van der Waals surface area contributed by atoms with Crippen molar-refractivity contribution < 1.29 is 19.1 Å². The van der Waals surface area contributed by atoms with E-state index in [9.17, 15) is 9.59 Å². The van der Waals surface area contributed by atoms with Gasteiger partial charge in [0.15, 0.2) is 0 Å². The van der Waals surface area contributed by atoms with Gasteiger partial charge in [-0.2, -0.15) is 0 Å². The van der Waals surface area contributed by atoms with E-state index in [1.165, 1.54) is 31.6 Å². The average molecular weight is 318 g/mol. The fourth-order valence-corrected chi connectivity index (χ4v) is 1.66. The third-order valence-corrected chi connectivity index (χ3v) is 2.60. The van der Waals surface area contributed by atoms with Crippen molar-refractivity contribution in [1.82, 2.24) is 9.97 Å². The van der Waals surface area contributed by atoms with E-state index in [1.807, 2.05) is 0 Å². The molecule has 0 fully saturated rings. The van der Waals surface area contributed by atoms with E-state index in [1.54, 1.807) is 0 Å². The summed E-state index contributed by atoms with van der Waals surface area (Å²) >= 11 is 3.25. The highest BCUT2D eigenvalue weighted by Gasteiger charge is 2.19. The largest absolute Gasteiger partial charge is 0.468 e. The molecule has 1 rings (SSSR count). The van der Waals surface area contributed by atoms with Crippen LogP contribution in [-0.2, 0) is 19.1 Å². The van der Waals surface area contributed by atoms with Crippen LogP contribution in [0.5, 0.6) is 0 Å². The molecule has 1 heterocycles. The lowest BCUT2D eigenvalue weighted by Gasteiger charge is -2.21. The van der Waals surface area contributed by atoms with Gasteiger partial charge in [0.1, 0.15) is 25.2 Å². The Bertz CT molecular complexity index is 423. The maximum absolute atomic E-state index is 11.3. The van der Waals surface area contributed by atoms with Crippen molar-refractivity contribution in [3.05, 3.63) is 17.0 Å². The highest BCUT2D eigenvalue weighted by Crippen LogP contribution is 2.21. The molecule has 0 N–H and O–H groups in total. The Morgan fingerprint density at radius 1 is 1.28 bits per heavy atom. The Kier molecular flexibility index (Phi) is 5.50. The first-order valence-corrected chi connectivity index (χ1v) is 5.72. The topological polar surface area (TPSA) is 81.6 Å². The maximum atomic E-state index is 11.3. The van der Waals surface area contributed by atoms with Crippen molar-refractivity contribution in [2.45, 2.75) is 0 Å². The summed E-state index contributed by atoms with van der Waals surface area (Å²) in [4.78, 5) is 31.9. The summed E-state index contributed by atoms with van der Waals surface area (Å²) in [6.45, 7) is -0.220. The predicted octanol–water partition coefficient (Wildman–Crippen LogP) is 0.392. The van der Waals surface area contributed by atoms with Crippen LogP contribution in [0.25, 0.3) is 0 Å². The van der Waals surface area contributed by atoms with Crippen LogP contribution in [0.15, 0.2) is 17.0 Å². The van der Waals surface area contributed by atoms with Gasteiger partial charge in [-0.15, -0.1) is 0 Å². The van der Waals surface area contributed by atoms with Crippen molar-refractivity contribution in [2.24, 2.45) is 0 Å². The Balaban J connectivity index is 2.93. The smallest absolute Gasteiger partial charge is 0.325 e. The molecule has 98 valence electrons. The second kappa shape index (κ2) is 6.90. The predicted molar refractivity (Wildman–Crippen MR) is 66.0 cm³/mol. The van der Waals surface area contributed by atoms with Gasteiger partial charge in [0.05, 0.1) is 18.7 Å². The highest BCUT2D eigenvalue weighted by molar-refractivity contribution is 9.10. The quantitative estimate of drug-likeness (QED) is 0.726. The zero-order valence-electron chi connectivity index (χ0n) is 9.92. The number of hydrogen-bond donors (Lipinski definition) is 0. The van der Waals surface area contributed by atoms with Gasteiger partial charge in [0.25, 0.3) is 0 Å². The van der Waals surface area contributed by atoms with Gasteiger partial charge < -0.3 is 14.4 Å². The molecule has 7 nitrogen and oxygen atoms in total. The lowest BCUT2D eigenvalue weighted by atomic mass is 10.4. The van der Waals surface area contributed by atoms with Crippen molar-refractivity contribution >= 4 is 33.7 Å². The lowest BCUT2D eigenvalue weighted by molar-refractivity contribution is -0.140. The molecular formula is C10H12BrN3O4. The van der Waals surface area contributed by atoms with Crippen LogP contribution < -0.4 is 4.90 Å². The number of carbonyl (C=O) groups is 2. The minimum Gasteiger partial charge on any atom is -0.468 e. The summed E-state index contributed by atoms with van der Waals surface area (Å²) < 4.78 is 9.70. The average Bonchev–Trinajstić information content (AvgIpc) is 2.38. The van der Waals surface area contributed by atoms with Crippen molar-refractivity contribution in [3.63, 3.8) is 0 Å². The van der Waals surface area contributed by atoms with Crippen LogP contribution in [0, 0.1) is 0 Å². The fourth-order valence-electron chi connectivity index (χ4n) is 1.19. The van der Waals surface area contributed by atoms with E-state index in [4.69, 9.17) is 0 Å². The number of aromatic nitrogens is 2. The second-order valence-electron chi connectivity index (χ2n) is 3.20. The van der Waals surface area contributed by atoms with Crippen molar-refractivity contribution in [2.75, 3.05) is 32.2 Å². The van der Waals surface area contributed by atoms with Crippen LogP contribution in [0.1, 0.15) is 0 Å². The first-order valence-electron chi connectivity index (χ1n) is 4.92. The Labute approximate surface area is 112 Å². The molecule has 0 spiro atoms. The molecule has 0 atom stereocenters. The number of halogens is 1.